The topological polar surface area (TPSA) is 93.1 Å². The van der Waals surface area contributed by atoms with Crippen LogP contribution in [0.15, 0.2) is 41.6 Å². The van der Waals surface area contributed by atoms with Crippen LogP contribution in [0.4, 0.5) is 5.69 Å². The van der Waals surface area contributed by atoms with E-state index in [0.717, 1.165) is 0 Å². The first kappa shape index (κ1) is 14.2. The normalized spacial score (nSPS) is 11.3. The van der Waals surface area contributed by atoms with Crippen molar-refractivity contribution >= 4 is 21.6 Å². The van der Waals surface area contributed by atoms with E-state index in [-0.39, 0.29) is 10.5 Å². The largest absolute Gasteiger partial charge is 0.319 e. The molecule has 8 heteroatoms. The Morgan fingerprint density at radius 3 is 2.70 bits per heavy atom. The van der Waals surface area contributed by atoms with Crippen molar-refractivity contribution in [1.82, 2.24) is 14.5 Å². The molecule has 2 aromatic rings. The van der Waals surface area contributed by atoms with Crippen molar-refractivity contribution in [1.29, 1.82) is 0 Å². The number of benzene rings is 1. The molecule has 0 aliphatic heterocycles. The molecular weight excluding hydrogens is 280 g/mol. The standard InChI is InChI=1S/C12H14N4O3S/c1-13-20(18,19)11-5-3-4-9(6-11)12(17)15-10-7-14-16(2)8-10/h3-8,13H,1-2H3,(H,15,17). The number of nitrogens with one attached hydrogen (secondary N) is 2. The maximum Gasteiger partial charge on any atom is 0.255 e. The number of aromatic nitrogens is 2. The third kappa shape index (κ3) is 3.03. The lowest BCUT2D eigenvalue weighted by Crippen LogP contribution is -2.19. The van der Waals surface area contributed by atoms with Gasteiger partial charge in [-0.25, -0.2) is 13.1 Å². The second-order valence-corrected chi connectivity index (χ2v) is 5.98. The highest BCUT2D eigenvalue weighted by Gasteiger charge is 2.14. The van der Waals surface area contributed by atoms with Crippen LogP contribution in [-0.4, -0.2) is 31.2 Å². The van der Waals surface area contributed by atoms with Crippen LogP contribution in [0, 0.1) is 0 Å². The van der Waals surface area contributed by atoms with Crippen LogP contribution in [0.5, 0.6) is 0 Å². The minimum atomic E-state index is -3.57. The van der Waals surface area contributed by atoms with Crippen molar-refractivity contribution in [2.75, 3.05) is 12.4 Å². The molecule has 0 unspecified atom stereocenters. The van der Waals surface area contributed by atoms with Gasteiger partial charge in [-0.15, -0.1) is 0 Å². The van der Waals surface area contributed by atoms with Gasteiger partial charge in [0.05, 0.1) is 16.8 Å². The van der Waals surface area contributed by atoms with Crippen molar-refractivity contribution in [3.05, 3.63) is 42.2 Å². The maximum atomic E-state index is 12.0. The minimum absolute atomic E-state index is 0.0406. The molecule has 0 bridgehead atoms. The predicted molar refractivity (Wildman–Crippen MR) is 73.8 cm³/mol. The smallest absolute Gasteiger partial charge is 0.255 e. The molecule has 0 saturated heterocycles. The SMILES string of the molecule is CNS(=O)(=O)c1cccc(C(=O)Nc2cnn(C)c2)c1. The summed E-state index contributed by atoms with van der Waals surface area (Å²) >= 11 is 0. The van der Waals surface area contributed by atoms with Crippen LogP contribution in [0.2, 0.25) is 0 Å². The number of anilines is 1. The Bertz CT molecular complexity index is 737. The van der Waals surface area contributed by atoms with Crippen LogP contribution in [-0.2, 0) is 17.1 Å². The number of hydrogen-bond donors (Lipinski definition) is 2. The summed E-state index contributed by atoms with van der Waals surface area (Å²) in [7, 11) is -0.520. The highest BCUT2D eigenvalue weighted by atomic mass is 32.2. The van der Waals surface area contributed by atoms with Gasteiger partial charge in [0.25, 0.3) is 5.91 Å². The Morgan fingerprint density at radius 1 is 1.35 bits per heavy atom. The summed E-state index contributed by atoms with van der Waals surface area (Å²) in [6.07, 6.45) is 3.15. The fourth-order valence-corrected chi connectivity index (χ4v) is 2.39. The van der Waals surface area contributed by atoms with Crippen molar-refractivity contribution < 1.29 is 13.2 Å². The number of amides is 1. The van der Waals surface area contributed by atoms with Crippen molar-refractivity contribution in [2.24, 2.45) is 7.05 Å². The van der Waals surface area contributed by atoms with E-state index < -0.39 is 15.9 Å². The fraction of sp³-hybridized carbons (Fsp3) is 0.167. The highest BCUT2D eigenvalue weighted by molar-refractivity contribution is 7.89. The Labute approximate surface area is 116 Å². The van der Waals surface area contributed by atoms with Crippen LogP contribution in [0.25, 0.3) is 0 Å². The van der Waals surface area contributed by atoms with Crippen LogP contribution in [0.1, 0.15) is 10.4 Å². The average Bonchev–Trinajstić information content (AvgIpc) is 2.84. The van der Waals surface area contributed by atoms with Crippen molar-refractivity contribution in [3.63, 3.8) is 0 Å². The lowest BCUT2D eigenvalue weighted by molar-refractivity contribution is 0.102. The molecule has 0 fully saturated rings. The highest BCUT2D eigenvalue weighted by Crippen LogP contribution is 2.13. The molecule has 106 valence electrons. The Balaban J connectivity index is 2.25. The van der Waals surface area contributed by atoms with Gasteiger partial charge in [0, 0.05) is 18.8 Å². The van der Waals surface area contributed by atoms with Gasteiger partial charge in [-0.05, 0) is 25.2 Å². The Kier molecular flexibility index (Phi) is 3.86. The molecule has 2 rings (SSSR count). The summed E-state index contributed by atoms with van der Waals surface area (Å²) in [5.74, 6) is -0.397. The summed E-state index contributed by atoms with van der Waals surface area (Å²) < 4.78 is 27.1. The third-order valence-corrected chi connectivity index (χ3v) is 4.05. The summed E-state index contributed by atoms with van der Waals surface area (Å²) in [6, 6.07) is 5.80. The lowest BCUT2D eigenvalue weighted by atomic mass is 10.2. The molecule has 7 nitrogen and oxygen atoms in total. The number of aryl methyl sites for hydroxylation is 1. The average molecular weight is 294 g/mol. The van der Waals surface area contributed by atoms with Gasteiger partial charge in [0.1, 0.15) is 0 Å². The molecule has 0 radical (unpaired) electrons. The molecule has 0 atom stereocenters. The van der Waals surface area contributed by atoms with Crippen molar-refractivity contribution in [3.8, 4) is 0 Å². The molecule has 1 aromatic carbocycles. The molecule has 0 saturated carbocycles. The second kappa shape index (κ2) is 5.43. The molecule has 1 amide bonds. The number of rotatable bonds is 4. The van der Waals surface area contributed by atoms with E-state index in [1.165, 1.54) is 31.4 Å². The van der Waals surface area contributed by atoms with Crippen LogP contribution < -0.4 is 10.0 Å². The fourth-order valence-electron chi connectivity index (χ4n) is 1.61. The van der Waals surface area contributed by atoms with Gasteiger partial charge < -0.3 is 5.32 Å². The van der Waals surface area contributed by atoms with E-state index in [1.807, 2.05) is 0 Å². The van der Waals surface area contributed by atoms with Gasteiger partial charge >= 0.3 is 0 Å². The zero-order chi connectivity index (χ0) is 14.8. The van der Waals surface area contributed by atoms with E-state index in [1.54, 1.807) is 24.0 Å². The second-order valence-electron chi connectivity index (χ2n) is 4.09. The minimum Gasteiger partial charge on any atom is -0.319 e. The summed E-state index contributed by atoms with van der Waals surface area (Å²) in [5, 5.41) is 6.57. The van der Waals surface area contributed by atoms with Gasteiger partial charge in [0.2, 0.25) is 10.0 Å². The summed E-state index contributed by atoms with van der Waals surface area (Å²) in [6.45, 7) is 0. The van der Waals surface area contributed by atoms with Crippen LogP contribution in [0.3, 0.4) is 0 Å². The van der Waals surface area contributed by atoms with E-state index in [2.05, 4.69) is 15.1 Å². The first-order valence-corrected chi connectivity index (χ1v) is 7.24. The van der Waals surface area contributed by atoms with E-state index in [4.69, 9.17) is 0 Å². The molecule has 20 heavy (non-hydrogen) atoms. The third-order valence-electron chi connectivity index (χ3n) is 2.64. The Hall–Kier alpha value is -2.19. The van der Waals surface area contributed by atoms with E-state index >= 15 is 0 Å². The molecule has 2 N–H and O–H groups in total. The molecule has 1 heterocycles. The number of carbonyl (C=O) groups excluding carboxylic acids is 1. The molecule has 0 spiro atoms. The number of carbonyl (C=O) groups is 1. The number of hydrogen-bond acceptors (Lipinski definition) is 4. The van der Waals surface area contributed by atoms with Gasteiger partial charge in [0.15, 0.2) is 0 Å². The monoisotopic (exact) mass is 294 g/mol. The Morgan fingerprint density at radius 2 is 2.10 bits per heavy atom. The number of nitrogens with zero attached hydrogens (tertiary/aromatic N) is 2. The molecular formula is C12H14N4O3S. The van der Waals surface area contributed by atoms with Crippen LogP contribution >= 0.6 is 0 Å². The predicted octanol–water partition coefficient (Wildman–Crippen LogP) is 0.580. The van der Waals surface area contributed by atoms with E-state index in [9.17, 15) is 13.2 Å². The molecule has 0 aliphatic rings. The van der Waals surface area contributed by atoms with Gasteiger partial charge in [-0.2, -0.15) is 5.10 Å². The quantitative estimate of drug-likeness (QED) is 0.862. The summed E-state index contributed by atoms with van der Waals surface area (Å²) in [4.78, 5) is 12.1. The maximum absolute atomic E-state index is 12.0. The van der Waals surface area contributed by atoms with Crippen molar-refractivity contribution in [2.45, 2.75) is 4.90 Å². The summed E-state index contributed by atoms with van der Waals surface area (Å²) in [5.41, 5.74) is 0.796. The number of sulfonamides is 1. The lowest BCUT2D eigenvalue weighted by Gasteiger charge is -2.06. The first-order valence-electron chi connectivity index (χ1n) is 5.76. The van der Waals surface area contributed by atoms with Gasteiger partial charge in [-0.3, -0.25) is 9.48 Å². The van der Waals surface area contributed by atoms with Gasteiger partial charge in [-0.1, -0.05) is 6.07 Å². The van der Waals surface area contributed by atoms with E-state index in [0.29, 0.717) is 5.69 Å². The first-order chi connectivity index (χ1) is 9.42. The molecule has 0 aliphatic carbocycles. The molecule has 1 aromatic heterocycles. The zero-order valence-corrected chi connectivity index (χ0v) is 11.8. The zero-order valence-electron chi connectivity index (χ0n) is 11.0.